The number of benzene rings is 3. The van der Waals surface area contributed by atoms with Gasteiger partial charge in [-0.05, 0) is 82.2 Å². The Hall–Kier alpha value is -3.40. The topological polar surface area (TPSA) is 97.2 Å². The minimum Gasteiger partial charge on any atom is -0.493 e. The van der Waals surface area contributed by atoms with E-state index in [0.29, 0.717) is 22.6 Å². The van der Waals surface area contributed by atoms with Gasteiger partial charge in [0.2, 0.25) is 0 Å². The number of halogens is 1. The van der Waals surface area contributed by atoms with Gasteiger partial charge in [-0.3, -0.25) is 4.79 Å². The van der Waals surface area contributed by atoms with E-state index in [1.54, 1.807) is 48.5 Å². The molecule has 158 valence electrons. The fourth-order valence-electron chi connectivity index (χ4n) is 2.70. The lowest BCUT2D eigenvalue weighted by Gasteiger charge is -2.11. The Labute approximate surface area is 192 Å². The Morgan fingerprint density at radius 2 is 1.81 bits per heavy atom. The number of carbonyl (C=O) groups is 2. The molecular formula is C23H19IN2O5. The number of ether oxygens (including phenoxy) is 2. The monoisotopic (exact) mass is 530 g/mol. The quantitative estimate of drug-likeness (QED) is 0.257. The summed E-state index contributed by atoms with van der Waals surface area (Å²) in [5, 5.41) is 13.1. The van der Waals surface area contributed by atoms with Crippen LogP contribution in [0, 0.1) is 3.57 Å². The lowest BCUT2D eigenvalue weighted by molar-refractivity contribution is 0.0696. The molecule has 1 amide bonds. The number of carboxylic acid groups (broad SMARTS) is 1. The number of nitrogens with one attached hydrogen (secondary N) is 1. The van der Waals surface area contributed by atoms with Crippen LogP contribution in [0.5, 0.6) is 11.5 Å². The number of hydrogen-bond donors (Lipinski definition) is 2. The van der Waals surface area contributed by atoms with Gasteiger partial charge in [0, 0.05) is 9.13 Å². The largest absolute Gasteiger partial charge is 0.493 e. The van der Waals surface area contributed by atoms with Crippen molar-refractivity contribution >= 4 is 40.7 Å². The van der Waals surface area contributed by atoms with Crippen molar-refractivity contribution in [3.8, 4) is 11.5 Å². The van der Waals surface area contributed by atoms with Gasteiger partial charge in [-0.1, -0.05) is 18.2 Å². The number of aromatic carboxylic acids is 1. The molecule has 8 heteroatoms. The first-order chi connectivity index (χ1) is 15.0. The molecule has 0 atom stereocenters. The SMILES string of the molecule is COc1cc(/C=N\NC(=O)c2cccc(I)c2)ccc1OCc1cccc(C(=O)O)c1. The maximum absolute atomic E-state index is 12.1. The van der Waals surface area contributed by atoms with E-state index in [-0.39, 0.29) is 18.1 Å². The standard InChI is InChI=1S/C23H19IN2O5/c1-30-21-11-15(13-25-26-22(27)17-5-3-7-19(24)12-17)8-9-20(21)31-14-16-4-2-6-18(10-16)23(28)29/h2-13H,14H2,1H3,(H,26,27)(H,28,29)/b25-13-. The summed E-state index contributed by atoms with van der Waals surface area (Å²) < 4.78 is 12.1. The second-order valence-electron chi connectivity index (χ2n) is 6.41. The van der Waals surface area contributed by atoms with Crippen molar-refractivity contribution in [1.29, 1.82) is 0 Å². The Kier molecular flexibility index (Phi) is 7.60. The highest BCUT2D eigenvalue weighted by Crippen LogP contribution is 2.28. The molecule has 0 saturated carbocycles. The van der Waals surface area contributed by atoms with E-state index < -0.39 is 5.97 Å². The number of nitrogens with zero attached hydrogens (tertiary/aromatic N) is 1. The van der Waals surface area contributed by atoms with Crippen molar-refractivity contribution in [3.05, 3.63) is 92.6 Å². The van der Waals surface area contributed by atoms with E-state index in [0.717, 1.165) is 9.13 Å². The van der Waals surface area contributed by atoms with Crippen molar-refractivity contribution in [2.45, 2.75) is 6.61 Å². The summed E-state index contributed by atoms with van der Waals surface area (Å²) in [6, 6.07) is 19.0. The van der Waals surface area contributed by atoms with Crippen molar-refractivity contribution < 1.29 is 24.2 Å². The van der Waals surface area contributed by atoms with Gasteiger partial charge in [-0.25, -0.2) is 10.2 Å². The lowest BCUT2D eigenvalue weighted by Crippen LogP contribution is -2.17. The summed E-state index contributed by atoms with van der Waals surface area (Å²) in [6.45, 7) is 0.191. The highest BCUT2D eigenvalue weighted by Gasteiger charge is 2.08. The fraction of sp³-hybridized carbons (Fsp3) is 0.0870. The van der Waals surface area contributed by atoms with Gasteiger partial charge in [0.1, 0.15) is 6.61 Å². The number of amides is 1. The second kappa shape index (κ2) is 10.6. The molecule has 0 heterocycles. The normalized spacial score (nSPS) is 10.6. The van der Waals surface area contributed by atoms with Crippen LogP contribution in [0.25, 0.3) is 0 Å². The zero-order valence-electron chi connectivity index (χ0n) is 16.5. The molecule has 0 radical (unpaired) electrons. The molecule has 3 aromatic carbocycles. The summed E-state index contributed by atoms with van der Waals surface area (Å²) >= 11 is 2.14. The van der Waals surface area contributed by atoms with Crippen LogP contribution < -0.4 is 14.9 Å². The van der Waals surface area contributed by atoms with Crippen LogP contribution in [0.2, 0.25) is 0 Å². The predicted molar refractivity (Wildman–Crippen MR) is 125 cm³/mol. The molecule has 0 aliphatic rings. The fourth-order valence-corrected chi connectivity index (χ4v) is 3.24. The Bertz CT molecular complexity index is 1130. The third kappa shape index (κ3) is 6.29. The number of methoxy groups -OCH3 is 1. The molecule has 0 aliphatic heterocycles. The smallest absolute Gasteiger partial charge is 0.335 e. The van der Waals surface area contributed by atoms with E-state index in [4.69, 9.17) is 14.6 Å². The number of rotatable bonds is 8. The molecular weight excluding hydrogens is 511 g/mol. The first kappa shape index (κ1) is 22.3. The number of carboxylic acids is 1. The Morgan fingerprint density at radius 3 is 2.55 bits per heavy atom. The van der Waals surface area contributed by atoms with Crippen LogP contribution in [-0.4, -0.2) is 30.3 Å². The average Bonchev–Trinajstić information content (AvgIpc) is 2.78. The van der Waals surface area contributed by atoms with Gasteiger partial charge in [0.15, 0.2) is 11.5 Å². The minimum absolute atomic E-state index is 0.191. The summed E-state index contributed by atoms with van der Waals surface area (Å²) in [5.41, 5.74) is 4.66. The number of hydrogen-bond acceptors (Lipinski definition) is 5. The minimum atomic E-state index is -0.989. The van der Waals surface area contributed by atoms with Gasteiger partial charge in [0.05, 0.1) is 18.9 Å². The zero-order valence-corrected chi connectivity index (χ0v) is 18.7. The molecule has 0 aliphatic carbocycles. The van der Waals surface area contributed by atoms with Gasteiger partial charge in [-0.2, -0.15) is 5.10 Å². The maximum Gasteiger partial charge on any atom is 0.335 e. The third-order valence-corrected chi connectivity index (χ3v) is 4.89. The van der Waals surface area contributed by atoms with Crippen LogP contribution in [-0.2, 0) is 6.61 Å². The molecule has 0 unspecified atom stereocenters. The van der Waals surface area contributed by atoms with Gasteiger partial charge >= 0.3 is 5.97 Å². The molecule has 0 bridgehead atoms. The van der Waals surface area contributed by atoms with Gasteiger partial charge in [0.25, 0.3) is 5.91 Å². The molecule has 3 rings (SSSR count). The maximum atomic E-state index is 12.1. The lowest BCUT2D eigenvalue weighted by atomic mass is 10.1. The molecule has 0 spiro atoms. The summed E-state index contributed by atoms with van der Waals surface area (Å²) in [4.78, 5) is 23.2. The van der Waals surface area contributed by atoms with Crippen LogP contribution in [0.15, 0.2) is 71.8 Å². The summed E-state index contributed by atoms with van der Waals surface area (Å²) in [6.07, 6.45) is 1.51. The van der Waals surface area contributed by atoms with Crippen LogP contribution in [0.4, 0.5) is 0 Å². The Morgan fingerprint density at radius 1 is 1.03 bits per heavy atom. The predicted octanol–water partition coefficient (Wildman–Crippen LogP) is 4.34. The van der Waals surface area contributed by atoms with Crippen molar-refractivity contribution in [1.82, 2.24) is 5.43 Å². The third-order valence-electron chi connectivity index (χ3n) is 4.22. The molecule has 2 N–H and O–H groups in total. The van der Waals surface area contributed by atoms with Crippen molar-refractivity contribution in [2.24, 2.45) is 5.10 Å². The molecule has 0 fully saturated rings. The van der Waals surface area contributed by atoms with Crippen LogP contribution in [0.1, 0.15) is 31.8 Å². The zero-order chi connectivity index (χ0) is 22.2. The van der Waals surface area contributed by atoms with E-state index in [2.05, 4.69) is 33.1 Å². The second-order valence-corrected chi connectivity index (χ2v) is 7.66. The number of hydrazone groups is 1. The molecule has 7 nitrogen and oxygen atoms in total. The highest BCUT2D eigenvalue weighted by molar-refractivity contribution is 14.1. The van der Waals surface area contributed by atoms with E-state index in [1.165, 1.54) is 19.4 Å². The Balaban J connectivity index is 1.64. The van der Waals surface area contributed by atoms with Crippen molar-refractivity contribution in [3.63, 3.8) is 0 Å². The van der Waals surface area contributed by atoms with E-state index in [9.17, 15) is 9.59 Å². The summed E-state index contributed by atoms with van der Waals surface area (Å²) in [5.74, 6) is -0.298. The first-order valence-electron chi connectivity index (χ1n) is 9.18. The van der Waals surface area contributed by atoms with Gasteiger partial charge in [-0.15, -0.1) is 0 Å². The van der Waals surface area contributed by atoms with E-state index >= 15 is 0 Å². The highest BCUT2D eigenvalue weighted by atomic mass is 127. The first-order valence-corrected chi connectivity index (χ1v) is 10.3. The van der Waals surface area contributed by atoms with Gasteiger partial charge < -0.3 is 14.6 Å². The molecule has 0 aromatic heterocycles. The molecule has 3 aromatic rings. The molecule has 0 saturated heterocycles. The summed E-state index contributed by atoms with van der Waals surface area (Å²) in [7, 11) is 1.52. The van der Waals surface area contributed by atoms with Crippen LogP contribution in [0.3, 0.4) is 0 Å². The van der Waals surface area contributed by atoms with E-state index in [1.807, 2.05) is 12.1 Å². The van der Waals surface area contributed by atoms with Crippen LogP contribution >= 0.6 is 22.6 Å². The van der Waals surface area contributed by atoms with Crippen molar-refractivity contribution in [2.75, 3.05) is 7.11 Å². The number of carbonyl (C=O) groups excluding carboxylic acids is 1. The molecule has 31 heavy (non-hydrogen) atoms. The average molecular weight is 530 g/mol.